The summed E-state index contributed by atoms with van der Waals surface area (Å²) in [6.07, 6.45) is 6.06. The predicted octanol–water partition coefficient (Wildman–Crippen LogP) is 2.75. The Bertz CT molecular complexity index is 719. The molecule has 1 amide bonds. The number of hydrogen-bond acceptors (Lipinski definition) is 3. The van der Waals surface area contributed by atoms with Crippen molar-refractivity contribution in [2.24, 2.45) is 0 Å². The zero-order valence-corrected chi connectivity index (χ0v) is 14.1. The molecule has 0 spiro atoms. The van der Waals surface area contributed by atoms with Crippen molar-refractivity contribution >= 4 is 18.1 Å². The molecule has 0 unspecified atom stereocenters. The molecule has 0 bridgehead atoms. The molecule has 2 N–H and O–H groups in total. The van der Waals surface area contributed by atoms with E-state index >= 15 is 0 Å². The molecule has 2 aromatic rings. The minimum Gasteiger partial charge on any atom is -0.350 e. The molecule has 3 rings (SSSR count). The zero-order valence-electron chi connectivity index (χ0n) is 13.3. The normalized spacial score (nSPS) is 18.2. The minimum atomic E-state index is -0.0165. The molecule has 1 aliphatic heterocycles. The molecule has 5 nitrogen and oxygen atoms in total. The van der Waals surface area contributed by atoms with E-state index in [1.807, 2.05) is 35.0 Å². The molecular formula is C17H22N4OS. The van der Waals surface area contributed by atoms with E-state index in [2.05, 4.69) is 22.1 Å². The highest BCUT2D eigenvalue weighted by Gasteiger charge is 2.23. The van der Waals surface area contributed by atoms with Crippen molar-refractivity contribution in [2.45, 2.75) is 25.8 Å². The second kappa shape index (κ2) is 7.10. The van der Waals surface area contributed by atoms with Crippen molar-refractivity contribution in [2.75, 3.05) is 19.6 Å². The number of imidazole rings is 1. The van der Waals surface area contributed by atoms with Crippen LogP contribution in [0.5, 0.6) is 0 Å². The van der Waals surface area contributed by atoms with Crippen LogP contribution in [0.3, 0.4) is 0 Å². The Hall–Kier alpha value is -1.92. The van der Waals surface area contributed by atoms with Crippen LogP contribution in [-0.4, -0.2) is 46.0 Å². The molecule has 0 saturated carbocycles. The number of aromatic nitrogens is 2. The number of likely N-dealkylation sites (N-methyl/N-ethyl adjacent to an activating group) is 1. The number of carbonyl (C=O) groups excluding carboxylic acids is 1. The first-order valence-corrected chi connectivity index (χ1v) is 8.48. The third kappa shape index (κ3) is 3.54. The topological polar surface area (TPSA) is 53.1 Å². The highest BCUT2D eigenvalue weighted by Crippen LogP contribution is 2.16. The van der Waals surface area contributed by atoms with E-state index in [4.69, 9.17) is 12.2 Å². The first-order chi connectivity index (χ1) is 11.2. The van der Waals surface area contributed by atoms with Gasteiger partial charge in [-0.1, -0.05) is 6.92 Å². The third-order valence-corrected chi connectivity index (χ3v) is 4.77. The number of nitrogens with zero attached hydrogens (tertiary/aromatic N) is 2. The van der Waals surface area contributed by atoms with Crippen LogP contribution in [0.25, 0.3) is 5.69 Å². The molecule has 1 aliphatic rings. The SMILES string of the molecule is CCN1CCC[C@@H]1CNC(=O)c1ccc(-n2cc[nH]c2=S)cc1. The van der Waals surface area contributed by atoms with Gasteiger partial charge in [-0.15, -0.1) is 0 Å². The summed E-state index contributed by atoms with van der Waals surface area (Å²) >= 11 is 5.20. The van der Waals surface area contributed by atoms with Gasteiger partial charge in [-0.05, 0) is 62.4 Å². The maximum absolute atomic E-state index is 12.3. The first kappa shape index (κ1) is 16.0. The van der Waals surface area contributed by atoms with E-state index < -0.39 is 0 Å². The van der Waals surface area contributed by atoms with Gasteiger partial charge in [0.1, 0.15) is 0 Å². The molecule has 1 aromatic carbocycles. The summed E-state index contributed by atoms with van der Waals surface area (Å²) in [6, 6.07) is 7.97. The average Bonchev–Trinajstić information content (AvgIpc) is 3.21. The minimum absolute atomic E-state index is 0.0165. The van der Waals surface area contributed by atoms with Crippen molar-refractivity contribution in [3.8, 4) is 5.69 Å². The molecule has 122 valence electrons. The highest BCUT2D eigenvalue weighted by atomic mass is 32.1. The molecule has 1 aromatic heterocycles. The number of likely N-dealkylation sites (tertiary alicyclic amines) is 1. The summed E-state index contributed by atoms with van der Waals surface area (Å²) in [6.45, 7) is 5.08. The lowest BCUT2D eigenvalue weighted by Crippen LogP contribution is -2.40. The van der Waals surface area contributed by atoms with Gasteiger partial charge in [0, 0.05) is 36.2 Å². The summed E-state index contributed by atoms with van der Waals surface area (Å²) in [5.41, 5.74) is 1.62. The smallest absolute Gasteiger partial charge is 0.251 e. The second-order valence-electron chi connectivity index (χ2n) is 5.82. The Morgan fingerprint density at radius 1 is 1.39 bits per heavy atom. The highest BCUT2D eigenvalue weighted by molar-refractivity contribution is 7.71. The van der Waals surface area contributed by atoms with Gasteiger partial charge in [-0.25, -0.2) is 0 Å². The number of hydrogen-bond donors (Lipinski definition) is 2. The van der Waals surface area contributed by atoms with Gasteiger partial charge in [-0.2, -0.15) is 0 Å². The van der Waals surface area contributed by atoms with Crippen LogP contribution < -0.4 is 5.32 Å². The largest absolute Gasteiger partial charge is 0.350 e. The van der Waals surface area contributed by atoms with E-state index in [9.17, 15) is 4.79 Å². The van der Waals surface area contributed by atoms with Gasteiger partial charge >= 0.3 is 0 Å². The Kier molecular flexibility index (Phi) is 4.93. The Balaban J connectivity index is 1.62. The van der Waals surface area contributed by atoms with Crippen molar-refractivity contribution in [3.63, 3.8) is 0 Å². The number of nitrogens with one attached hydrogen (secondary N) is 2. The Labute approximate surface area is 141 Å². The molecular weight excluding hydrogens is 308 g/mol. The van der Waals surface area contributed by atoms with Crippen LogP contribution in [0.15, 0.2) is 36.7 Å². The van der Waals surface area contributed by atoms with Crippen molar-refractivity contribution in [3.05, 3.63) is 47.0 Å². The summed E-state index contributed by atoms with van der Waals surface area (Å²) in [7, 11) is 0. The summed E-state index contributed by atoms with van der Waals surface area (Å²) in [5.74, 6) is -0.0165. The lowest BCUT2D eigenvalue weighted by molar-refractivity contribution is 0.0941. The number of rotatable bonds is 5. The number of amides is 1. The van der Waals surface area contributed by atoms with Crippen molar-refractivity contribution < 1.29 is 4.79 Å². The Morgan fingerprint density at radius 2 is 2.17 bits per heavy atom. The van der Waals surface area contributed by atoms with Crippen molar-refractivity contribution in [1.82, 2.24) is 19.8 Å². The molecule has 2 heterocycles. The van der Waals surface area contributed by atoms with E-state index in [1.54, 1.807) is 6.20 Å². The number of benzene rings is 1. The molecule has 0 radical (unpaired) electrons. The number of carbonyl (C=O) groups is 1. The van der Waals surface area contributed by atoms with Crippen LogP contribution in [0.4, 0.5) is 0 Å². The van der Waals surface area contributed by atoms with Crippen LogP contribution in [0.1, 0.15) is 30.1 Å². The standard InChI is InChI=1S/C17H22N4OS/c1-2-20-10-3-4-15(20)12-19-16(22)13-5-7-14(8-6-13)21-11-9-18-17(21)23/h5-9,11,15H,2-4,10,12H2,1H3,(H,18,23)(H,19,22)/t15-/m1/s1. The van der Waals surface area contributed by atoms with Gasteiger partial charge in [0.2, 0.25) is 0 Å². The molecule has 1 fully saturated rings. The van der Waals surface area contributed by atoms with Crippen LogP contribution >= 0.6 is 12.2 Å². The van der Waals surface area contributed by atoms with Gasteiger partial charge in [0.25, 0.3) is 5.91 Å². The fourth-order valence-electron chi connectivity index (χ4n) is 3.15. The van der Waals surface area contributed by atoms with Crippen molar-refractivity contribution in [1.29, 1.82) is 0 Å². The van der Waals surface area contributed by atoms with Gasteiger partial charge < -0.3 is 10.3 Å². The molecule has 0 aliphatic carbocycles. The quantitative estimate of drug-likeness (QED) is 0.829. The maximum Gasteiger partial charge on any atom is 0.251 e. The predicted molar refractivity (Wildman–Crippen MR) is 93.6 cm³/mol. The summed E-state index contributed by atoms with van der Waals surface area (Å²) < 4.78 is 2.51. The third-order valence-electron chi connectivity index (χ3n) is 4.46. The monoisotopic (exact) mass is 330 g/mol. The van der Waals surface area contributed by atoms with E-state index in [-0.39, 0.29) is 5.91 Å². The molecule has 23 heavy (non-hydrogen) atoms. The second-order valence-corrected chi connectivity index (χ2v) is 6.20. The first-order valence-electron chi connectivity index (χ1n) is 8.07. The fraction of sp³-hybridized carbons (Fsp3) is 0.412. The van der Waals surface area contributed by atoms with E-state index in [0.29, 0.717) is 16.4 Å². The molecule has 1 atom stereocenters. The fourth-order valence-corrected chi connectivity index (χ4v) is 3.39. The molecule has 6 heteroatoms. The van der Waals surface area contributed by atoms with Gasteiger partial charge in [0.05, 0.1) is 0 Å². The number of H-pyrrole nitrogens is 1. The Morgan fingerprint density at radius 3 is 2.83 bits per heavy atom. The van der Waals surface area contributed by atoms with Crippen LogP contribution in [-0.2, 0) is 0 Å². The maximum atomic E-state index is 12.3. The summed E-state index contributed by atoms with van der Waals surface area (Å²) in [5, 5.41) is 3.06. The van der Waals surface area contributed by atoms with Gasteiger partial charge in [-0.3, -0.25) is 14.3 Å². The summed E-state index contributed by atoms with van der Waals surface area (Å²) in [4.78, 5) is 17.7. The van der Waals surface area contributed by atoms with E-state index in [1.165, 1.54) is 12.8 Å². The van der Waals surface area contributed by atoms with Crippen LogP contribution in [0, 0.1) is 4.77 Å². The zero-order chi connectivity index (χ0) is 16.2. The average molecular weight is 330 g/mol. The lowest BCUT2D eigenvalue weighted by atomic mass is 10.1. The number of aromatic amines is 1. The van der Waals surface area contributed by atoms with Crippen LogP contribution in [0.2, 0.25) is 0 Å². The molecule has 1 saturated heterocycles. The lowest BCUT2D eigenvalue weighted by Gasteiger charge is -2.22. The van der Waals surface area contributed by atoms with E-state index in [0.717, 1.165) is 25.3 Å². The van der Waals surface area contributed by atoms with Gasteiger partial charge in [0.15, 0.2) is 4.77 Å².